The molecule has 4 rings (SSSR count). The first-order valence-corrected chi connectivity index (χ1v) is 8.74. The Kier molecular flexibility index (Phi) is 4.58. The number of fused-ring (bicyclic) bond motifs is 1. The van der Waals surface area contributed by atoms with E-state index in [1.54, 1.807) is 23.1 Å². The van der Waals surface area contributed by atoms with Crippen LogP contribution < -0.4 is 15.0 Å². The summed E-state index contributed by atoms with van der Waals surface area (Å²) in [6, 6.07) is 15.2. The van der Waals surface area contributed by atoms with Crippen molar-refractivity contribution < 1.29 is 19.1 Å². The minimum Gasteiger partial charge on any atom is -0.481 e. The van der Waals surface area contributed by atoms with Crippen molar-refractivity contribution >= 4 is 23.2 Å². The fourth-order valence-electron chi connectivity index (χ4n) is 3.23. The van der Waals surface area contributed by atoms with Crippen LogP contribution in [0.4, 0.5) is 11.4 Å². The third-order valence-electron chi connectivity index (χ3n) is 4.58. The molecule has 2 amide bonds. The van der Waals surface area contributed by atoms with Gasteiger partial charge in [-0.15, -0.1) is 0 Å². The van der Waals surface area contributed by atoms with Crippen LogP contribution in [0.25, 0.3) is 0 Å². The maximum atomic E-state index is 12.3. The highest BCUT2D eigenvalue weighted by Gasteiger charge is 2.27. The molecule has 1 N–H and O–H groups in total. The van der Waals surface area contributed by atoms with Crippen LogP contribution in [0.15, 0.2) is 48.5 Å². The Bertz CT molecular complexity index is 816. The first-order chi connectivity index (χ1) is 12.7. The first-order valence-electron chi connectivity index (χ1n) is 8.74. The molecule has 0 radical (unpaired) electrons. The molecule has 2 aliphatic heterocycles. The second-order valence-electron chi connectivity index (χ2n) is 6.43. The SMILES string of the molecule is O=C(Nc1ccc2c(c1)OCC(=O)N2Cc1ccccc1)C1CCCO1. The first kappa shape index (κ1) is 16.6. The third-order valence-corrected chi connectivity index (χ3v) is 4.58. The summed E-state index contributed by atoms with van der Waals surface area (Å²) in [6.45, 7) is 1.10. The molecule has 2 aromatic carbocycles. The average molecular weight is 352 g/mol. The van der Waals surface area contributed by atoms with Gasteiger partial charge in [0, 0.05) is 18.4 Å². The molecule has 0 spiro atoms. The van der Waals surface area contributed by atoms with Crippen LogP contribution >= 0.6 is 0 Å². The molecule has 6 nitrogen and oxygen atoms in total. The molecule has 0 aliphatic carbocycles. The molecule has 1 atom stereocenters. The highest BCUT2D eigenvalue weighted by atomic mass is 16.5. The zero-order valence-electron chi connectivity index (χ0n) is 14.3. The lowest BCUT2D eigenvalue weighted by atomic mass is 10.1. The summed E-state index contributed by atoms with van der Waals surface area (Å²) in [7, 11) is 0. The van der Waals surface area contributed by atoms with Gasteiger partial charge in [-0.1, -0.05) is 30.3 Å². The molecule has 1 saturated heterocycles. The van der Waals surface area contributed by atoms with Crippen molar-refractivity contribution in [2.24, 2.45) is 0 Å². The molecule has 6 heteroatoms. The van der Waals surface area contributed by atoms with Crippen LogP contribution in [0.5, 0.6) is 5.75 Å². The quantitative estimate of drug-likeness (QED) is 0.919. The van der Waals surface area contributed by atoms with Crippen molar-refractivity contribution in [2.45, 2.75) is 25.5 Å². The summed E-state index contributed by atoms with van der Waals surface area (Å²) in [5, 5.41) is 2.86. The summed E-state index contributed by atoms with van der Waals surface area (Å²) in [5.74, 6) is 0.360. The molecule has 2 aromatic rings. The van der Waals surface area contributed by atoms with Crippen molar-refractivity contribution in [3.05, 3.63) is 54.1 Å². The van der Waals surface area contributed by atoms with Gasteiger partial charge < -0.3 is 19.7 Å². The van der Waals surface area contributed by atoms with E-state index in [0.717, 1.165) is 18.4 Å². The van der Waals surface area contributed by atoms with Crippen molar-refractivity contribution in [1.29, 1.82) is 0 Å². The van der Waals surface area contributed by atoms with E-state index in [1.165, 1.54) is 0 Å². The number of carbonyl (C=O) groups excluding carboxylic acids is 2. The lowest BCUT2D eigenvalue weighted by molar-refractivity contribution is -0.124. The second-order valence-corrected chi connectivity index (χ2v) is 6.43. The number of nitrogens with zero attached hydrogens (tertiary/aromatic N) is 1. The van der Waals surface area contributed by atoms with Gasteiger partial charge in [0.25, 0.3) is 11.8 Å². The van der Waals surface area contributed by atoms with Crippen molar-refractivity contribution in [3.63, 3.8) is 0 Å². The summed E-state index contributed by atoms with van der Waals surface area (Å²) < 4.78 is 11.0. The summed E-state index contributed by atoms with van der Waals surface area (Å²) >= 11 is 0. The van der Waals surface area contributed by atoms with E-state index in [9.17, 15) is 9.59 Å². The van der Waals surface area contributed by atoms with Crippen LogP contribution in [0.2, 0.25) is 0 Å². The zero-order chi connectivity index (χ0) is 17.9. The molecule has 134 valence electrons. The third kappa shape index (κ3) is 3.41. The number of amides is 2. The Morgan fingerprint density at radius 1 is 1.19 bits per heavy atom. The molecule has 2 aliphatic rings. The van der Waals surface area contributed by atoms with E-state index >= 15 is 0 Å². The molecule has 1 fully saturated rings. The summed E-state index contributed by atoms with van der Waals surface area (Å²) in [5.41, 5.74) is 2.39. The van der Waals surface area contributed by atoms with Gasteiger partial charge in [-0.2, -0.15) is 0 Å². The molecule has 0 saturated carbocycles. The monoisotopic (exact) mass is 352 g/mol. The number of hydrogen-bond donors (Lipinski definition) is 1. The largest absolute Gasteiger partial charge is 0.481 e. The molecular weight excluding hydrogens is 332 g/mol. The molecule has 0 aromatic heterocycles. The zero-order valence-corrected chi connectivity index (χ0v) is 14.3. The normalized spacial score (nSPS) is 19.0. The number of rotatable bonds is 4. The van der Waals surface area contributed by atoms with Gasteiger partial charge in [0.2, 0.25) is 0 Å². The van der Waals surface area contributed by atoms with E-state index in [2.05, 4.69) is 5.32 Å². The number of ether oxygens (including phenoxy) is 2. The smallest absolute Gasteiger partial charge is 0.265 e. The molecule has 1 unspecified atom stereocenters. The predicted octanol–water partition coefficient (Wildman–Crippen LogP) is 2.73. The molecule has 0 bridgehead atoms. The van der Waals surface area contributed by atoms with Crippen LogP contribution in [0.3, 0.4) is 0 Å². The highest BCUT2D eigenvalue weighted by molar-refractivity contribution is 5.99. The van der Waals surface area contributed by atoms with Crippen LogP contribution in [-0.2, 0) is 20.9 Å². The standard InChI is InChI=1S/C20H20N2O4/c23-19-13-26-18-11-15(21-20(24)17-7-4-10-25-17)8-9-16(18)22(19)12-14-5-2-1-3-6-14/h1-3,5-6,8-9,11,17H,4,7,10,12-13H2,(H,21,24). The van der Waals surface area contributed by atoms with Gasteiger partial charge in [0.05, 0.1) is 12.2 Å². The fourth-order valence-corrected chi connectivity index (χ4v) is 3.23. The Labute approximate surface area is 151 Å². The van der Waals surface area contributed by atoms with E-state index in [1.807, 2.05) is 30.3 Å². The Balaban J connectivity index is 1.53. The van der Waals surface area contributed by atoms with Crippen molar-refractivity contribution in [2.75, 3.05) is 23.4 Å². The Hall–Kier alpha value is -2.86. The van der Waals surface area contributed by atoms with Crippen molar-refractivity contribution in [3.8, 4) is 5.75 Å². The van der Waals surface area contributed by atoms with Crippen LogP contribution in [0.1, 0.15) is 18.4 Å². The molecule has 2 heterocycles. The minimum absolute atomic E-state index is 0.0109. The summed E-state index contributed by atoms with van der Waals surface area (Å²) in [4.78, 5) is 26.2. The van der Waals surface area contributed by atoms with Crippen LogP contribution in [0, 0.1) is 0 Å². The number of hydrogen-bond acceptors (Lipinski definition) is 4. The van der Waals surface area contributed by atoms with Gasteiger partial charge in [0.1, 0.15) is 11.9 Å². The van der Waals surface area contributed by atoms with E-state index < -0.39 is 0 Å². The predicted molar refractivity (Wildman–Crippen MR) is 97.2 cm³/mol. The van der Waals surface area contributed by atoms with Gasteiger partial charge in [-0.25, -0.2) is 0 Å². The lowest BCUT2D eigenvalue weighted by Gasteiger charge is -2.30. The number of carbonyl (C=O) groups is 2. The topological polar surface area (TPSA) is 67.9 Å². The summed E-state index contributed by atoms with van der Waals surface area (Å²) in [6.07, 6.45) is 1.26. The van der Waals surface area contributed by atoms with E-state index in [4.69, 9.17) is 9.47 Å². The van der Waals surface area contributed by atoms with Crippen LogP contribution in [-0.4, -0.2) is 31.1 Å². The van der Waals surface area contributed by atoms with E-state index in [0.29, 0.717) is 30.3 Å². The maximum absolute atomic E-state index is 12.3. The number of benzene rings is 2. The Morgan fingerprint density at radius 3 is 2.81 bits per heavy atom. The van der Waals surface area contributed by atoms with Gasteiger partial charge in [0.15, 0.2) is 6.61 Å². The minimum atomic E-state index is -0.386. The van der Waals surface area contributed by atoms with Gasteiger partial charge in [-0.3, -0.25) is 9.59 Å². The fraction of sp³-hybridized carbons (Fsp3) is 0.300. The molecule has 26 heavy (non-hydrogen) atoms. The van der Waals surface area contributed by atoms with Gasteiger partial charge >= 0.3 is 0 Å². The number of nitrogens with one attached hydrogen (secondary N) is 1. The average Bonchev–Trinajstić information content (AvgIpc) is 3.20. The molecular formula is C20H20N2O4. The van der Waals surface area contributed by atoms with Crippen molar-refractivity contribution in [1.82, 2.24) is 0 Å². The lowest BCUT2D eigenvalue weighted by Crippen LogP contribution is -2.38. The van der Waals surface area contributed by atoms with Gasteiger partial charge in [-0.05, 0) is 30.5 Å². The highest BCUT2D eigenvalue weighted by Crippen LogP contribution is 2.35. The maximum Gasteiger partial charge on any atom is 0.265 e. The van der Waals surface area contributed by atoms with E-state index in [-0.39, 0.29) is 24.5 Å². The second kappa shape index (κ2) is 7.17. The Morgan fingerprint density at radius 2 is 2.04 bits per heavy atom. The number of anilines is 2.